The van der Waals surface area contributed by atoms with Gasteiger partial charge < -0.3 is 15.0 Å². The first-order valence-corrected chi connectivity index (χ1v) is 8.56. The topological polar surface area (TPSA) is 24.5 Å². The van der Waals surface area contributed by atoms with Crippen molar-refractivity contribution in [2.75, 3.05) is 33.8 Å². The summed E-state index contributed by atoms with van der Waals surface area (Å²) in [7, 11) is 3.88. The van der Waals surface area contributed by atoms with Gasteiger partial charge in [-0.05, 0) is 57.5 Å². The molecule has 21 heavy (non-hydrogen) atoms. The molecule has 1 fully saturated rings. The van der Waals surface area contributed by atoms with Crippen molar-refractivity contribution in [1.29, 1.82) is 0 Å². The number of piperidine rings is 1. The molecule has 0 aliphatic carbocycles. The van der Waals surface area contributed by atoms with Gasteiger partial charge in [0.2, 0.25) is 0 Å². The molecule has 2 atom stereocenters. The summed E-state index contributed by atoms with van der Waals surface area (Å²) in [5, 5.41) is 3.44. The molecule has 1 aliphatic rings. The molecule has 0 amide bonds. The third kappa shape index (κ3) is 4.78. The van der Waals surface area contributed by atoms with Crippen LogP contribution in [0, 0.1) is 0 Å². The molecule has 0 spiro atoms. The van der Waals surface area contributed by atoms with Crippen molar-refractivity contribution in [3.05, 3.63) is 34.3 Å². The first-order valence-electron chi connectivity index (χ1n) is 7.76. The first-order chi connectivity index (χ1) is 10.1. The van der Waals surface area contributed by atoms with Crippen LogP contribution in [0.2, 0.25) is 0 Å². The van der Waals surface area contributed by atoms with E-state index >= 15 is 0 Å². The van der Waals surface area contributed by atoms with Gasteiger partial charge >= 0.3 is 0 Å². The lowest BCUT2D eigenvalue weighted by Crippen LogP contribution is -2.47. The fourth-order valence-electron chi connectivity index (χ4n) is 3.15. The average Bonchev–Trinajstić information content (AvgIpc) is 2.50. The summed E-state index contributed by atoms with van der Waals surface area (Å²) in [5.41, 5.74) is 1.39. The number of nitrogens with one attached hydrogen (secondary N) is 1. The van der Waals surface area contributed by atoms with E-state index in [2.05, 4.69) is 57.3 Å². The van der Waals surface area contributed by atoms with Gasteiger partial charge in [0, 0.05) is 30.7 Å². The van der Waals surface area contributed by atoms with Crippen molar-refractivity contribution in [2.45, 2.75) is 37.8 Å². The predicted octanol–water partition coefficient (Wildman–Crippen LogP) is 3.60. The van der Waals surface area contributed by atoms with Gasteiger partial charge in [0.25, 0.3) is 0 Å². The van der Waals surface area contributed by atoms with Crippen LogP contribution in [0.15, 0.2) is 28.7 Å². The van der Waals surface area contributed by atoms with Crippen LogP contribution in [0.4, 0.5) is 0 Å². The second-order valence-corrected chi connectivity index (χ2v) is 7.13. The van der Waals surface area contributed by atoms with E-state index in [4.69, 9.17) is 4.74 Å². The van der Waals surface area contributed by atoms with Gasteiger partial charge in [-0.25, -0.2) is 0 Å². The molecule has 1 aromatic rings. The van der Waals surface area contributed by atoms with Crippen LogP contribution in [-0.2, 0) is 4.74 Å². The predicted molar refractivity (Wildman–Crippen MR) is 91.6 cm³/mol. The summed E-state index contributed by atoms with van der Waals surface area (Å²) in [6.45, 7) is 5.57. The van der Waals surface area contributed by atoms with E-state index in [9.17, 15) is 0 Å². The molecule has 4 heteroatoms. The monoisotopic (exact) mass is 354 g/mol. The molecule has 118 valence electrons. The number of hydrogen-bond donors (Lipinski definition) is 1. The summed E-state index contributed by atoms with van der Waals surface area (Å²) in [5.74, 6) is 0. The zero-order valence-electron chi connectivity index (χ0n) is 13.4. The van der Waals surface area contributed by atoms with Crippen LogP contribution in [0.3, 0.4) is 0 Å². The highest BCUT2D eigenvalue weighted by molar-refractivity contribution is 9.10. The molecular formula is C17H27BrN2O. The number of hydrogen-bond acceptors (Lipinski definition) is 3. The highest BCUT2D eigenvalue weighted by Gasteiger charge is 2.30. The summed E-state index contributed by atoms with van der Waals surface area (Å²) >= 11 is 3.50. The van der Waals surface area contributed by atoms with Crippen LogP contribution in [-0.4, -0.2) is 44.3 Å². The van der Waals surface area contributed by atoms with Crippen molar-refractivity contribution in [3.8, 4) is 0 Å². The van der Waals surface area contributed by atoms with Gasteiger partial charge in [-0.2, -0.15) is 0 Å². The van der Waals surface area contributed by atoms with E-state index in [0.29, 0.717) is 6.04 Å². The Hall–Kier alpha value is -0.420. The fraction of sp³-hybridized carbons (Fsp3) is 0.647. The maximum Gasteiger partial charge on any atom is 0.0777 e. The van der Waals surface area contributed by atoms with E-state index in [1.807, 2.05) is 14.2 Å². The van der Waals surface area contributed by atoms with Gasteiger partial charge in [-0.15, -0.1) is 0 Å². The summed E-state index contributed by atoms with van der Waals surface area (Å²) in [6.07, 6.45) is 3.52. The van der Waals surface area contributed by atoms with Crippen molar-refractivity contribution in [3.63, 3.8) is 0 Å². The maximum absolute atomic E-state index is 5.68. The van der Waals surface area contributed by atoms with Gasteiger partial charge in [0.1, 0.15) is 0 Å². The molecule has 0 aromatic heterocycles. The van der Waals surface area contributed by atoms with Crippen LogP contribution >= 0.6 is 15.9 Å². The number of ether oxygens (including phenoxy) is 1. The van der Waals surface area contributed by atoms with Crippen molar-refractivity contribution in [2.24, 2.45) is 0 Å². The Morgan fingerprint density at radius 2 is 2.10 bits per heavy atom. The van der Waals surface area contributed by atoms with E-state index in [-0.39, 0.29) is 5.60 Å². The van der Waals surface area contributed by atoms with Crippen LogP contribution in [0.1, 0.15) is 37.8 Å². The van der Waals surface area contributed by atoms with E-state index in [0.717, 1.165) is 24.0 Å². The van der Waals surface area contributed by atoms with Gasteiger partial charge in [0.05, 0.1) is 5.60 Å². The minimum atomic E-state index is 0.0327. The molecule has 0 saturated carbocycles. The number of methoxy groups -OCH3 is 1. The Bertz CT molecular complexity index is 437. The number of rotatable bonds is 6. The number of likely N-dealkylation sites (tertiary alicyclic amines) is 1. The SMILES string of the molecule is CNC(CCN1CCCC(C)(OC)C1)c1ccc(Br)cc1. The van der Waals surface area contributed by atoms with Gasteiger partial charge in [0.15, 0.2) is 0 Å². The highest BCUT2D eigenvalue weighted by Crippen LogP contribution is 2.25. The standard InChI is InChI=1S/C17H27BrN2O/c1-17(21-3)10-4-11-20(13-17)12-9-16(19-2)14-5-7-15(18)8-6-14/h5-8,16,19H,4,9-13H2,1-3H3. The van der Waals surface area contributed by atoms with E-state index < -0.39 is 0 Å². The fourth-order valence-corrected chi connectivity index (χ4v) is 3.41. The molecule has 1 heterocycles. The Kier molecular flexibility index (Phi) is 6.23. The van der Waals surface area contributed by atoms with Crippen molar-refractivity contribution < 1.29 is 4.74 Å². The van der Waals surface area contributed by atoms with Crippen molar-refractivity contribution in [1.82, 2.24) is 10.2 Å². The summed E-state index contributed by atoms with van der Waals surface area (Å²) in [6, 6.07) is 9.03. The third-order valence-electron chi connectivity index (χ3n) is 4.59. The quantitative estimate of drug-likeness (QED) is 0.844. The molecule has 1 saturated heterocycles. The largest absolute Gasteiger partial charge is 0.377 e. The summed E-state index contributed by atoms with van der Waals surface area (Å²) < 4.78 is 6.81. The zero-order valence-corrected chi connectivity index (χ0v) is 14.9. The summed E-state index contributed by atoms with van der Waals surface area (Å²) in [4.78, 5) is 2.54. The highest BCUT2D eigenvalue weighted by atomic mass is 79.9. The molecule has 0 radical (unpaired) electrons. The molecule has 2 rings (SSSR count). The molecule has 1 N–H and O–H groups in total. The van der Waals surface area contributed by atoms with Gasteiger partial charge in [-0.3, -0.25) is 0 Å². The lowest BCUT2D eigenvalue weighted by molar-refractivity contribution is -0.0511. The van der Waals surface area contributed by atoms with Gasteiger partial charge in [-0.1, -0.05) is 28.1 Å². The van der Waals surface area contributed by atoms with Crippen LogP contribution in [0.5, 0.6) is 0 Å². The Morgan fingerprint density at radius 3 is 2.71 bits per heavy atom. The van der Waals surface area contributed by atoms with E-state index in [1.54, 1.807) is 0 Å². The molecule has 1 aromatic carbocycles. The second-order valence-electron chi connectivity index (χ2n) is 6.22. The lowest BCUT2D eigenvalue weighted by Gasteiger charge is -2.40. The zero-order chi connectivity index (χ0) is 15.3. The van der Waals surface area contributed by atoms with E-state index in [1.165, 1.54) is 24.9 Å². The second kappa shape index (κ2) is 7.73. The molecule has 0 bridgehead atoms. The normalized spacial score (nSPS) is 25.0. The lowest BCUT2D eigenvalue weighted by atomic mass is 9.94. The number of halogens is 1. The smallest absolute Gasteiger partial charge is 0.0777 e. The average molecular weight is 355 g/mol. The van der Waals surface area contributed by atoms with Crippen molar-refractivity contribution >= 4 is 15.9 Å². The minimum absolute atomic E-state index is 0.0327. The number of nitrogens with zero attached hydrogens (tertiary/aromatic N) is 1. The minimum Gasteiger partial charge on any atom is -0.377 e. The third-order valence-corrected chi connectivity index (χ3v) is 5.11. The maximum atomic E-state index is 5.68. The van der Waals surface area contributed by atoms with Crippen LogP contribution in [0.25, 0.3) is 0 Å². The molecular weight excluding hydrogens is 328 g/mol. The Labute approximate surface area is 137 Å². The number of benzene rings is 1. The Balaban J connectivity index is 1.89. The molecule has 3 nitrogen and oxygen atoms in total. The Morgan fingerprint density at radius 1 is 1.38 bits per heavy atom. The van der Waals surface area contributed by atoms with Crippen LogP contribution < -0.4 is 5.32 Å². The molecule has 1 aliphatic heterocycles. The molecule has 2 unspecified atom stereocenters. The first kappa shape index (κ1) is 16.9.